The Morgan fingerprint density at radius 1 is 1.33 bits per heavy atom. The minimum atomic E-state index is -4.34. The van der Waals surface area contributed by atoms with E-state index < -0.39 is 17.8 Å². The van der Waals surface area contributed by atoms with Crippen LogP contribution in [0, 0.1) is 5.92 Å². The molecule has 2 rings (SSSR count). The van der Waals surface area contributed by atoms with Crippen LogP contribution in [0.25, 0.3) is 0 Å². The SMILES string of the molecule is CCCC1CCN(CC(N)c2ccccc2C(F)(F)F)C1. The van der Waals surface area contributed by atoms with Crippen LogP contribution in [-0.4, -0.2) is 24.5 Å². The van der Waals surface area contributed by atoms with Gasteiger partial charge in [-0.1, -0.05) is 31.5 Å². The summed E-state index contributed by atoms with van der Waals surface area (Å²) in [6, 6.07) is 5.04. The first-order chi connectivity index (χ1) is 9.91. The standard InChI is InChI=1S/C16H23F3N2/c1-2-5-12-8-9-21(10-12)11-15(20)13-6-3-4-7-14(13)16(17,18)19/h3-4,6-7,12,15H,2,5,8-11,20H2,1H3. The number of hydrogen-bond acceptors (Lipinski definition) is 2. The maximum Gasteiger partial charge on any atom is 0.416 e. The number of likely N-dealkylation sites (tertiary alicyclic amines) is 1. The molecule has 118 valence electrons. The molecule has 0 amide bonds. The van der Waals surface area contributed by atoms with Crippen LogP contribution >= 0.6 is 0 Å². The third-order valence-corrected chi connectivity index (χ3v) is 4.19. The summed E-state index contributed by atoms with van der Waals surface area (Å²) in [6.45, 7) is 4.55. The van der Waals surface area contributed by atoms with Crippen molar-refractivity contribution in [3.63, 3.8) is 0 Å². The molecule has 0 aromatic heterocycles. The Morgan fingerprint density at radius 3 is 2.71 bits per heavy atom. The van der Waals surface area contributed by atoms with Gasteiger partial charge in [-0.05, 0) is 36.9 Å². The molecule has 0 bridgehead atoms. The molecule has 0 spiro atoms. The Labute approximate surface area is 124 Å². The highest BCUT2D eigenvalue weighted by atomic mass is 19.4. The molecular weight excluding hydrogens is 277 g/mol. The fourth-order valence-electron chi connectivity index (χ4n) is 3.18. The number of halogens is 3. The maximum absolute atomic E-state index is 13.0. The van der Waals surface area contributed by atoms with Crippen LogP contribution in [0.1, 0.15) is 43.4 Å². The lowest BCUT2D eigenvalue weighted by Crippen LogP contribution is -2.31. The highest BCUT2D eigenvalue weighted by molar-refractivity contribution is 5.32. The van der Waals surface area contributed by atoms with Gasteiger partial charge in [-0.3, -0.25) is 0 Å². The molecule has 5 heteroatoms. The average Bonchev–Trinajstić information content (AvgIpc) is 2.85. The number of nitrogens with two attached hydrogens (primary N) is 1. The second kappa shape index (κ2) is 6.79. The van der Waals surface area contributed by atoms with Crippen molar-refractivity contribution in [2.45, 2.75) is 38.4 Å². The Morgan fingerprint density at radius 2 is 2.05 bits per heavy atom. The van der Waals surface area contributed by atoms with E-state index in [-0.39, 0.29) is 5.56 Å². The minimum Gasteiger partial charge on any atom is -0.323 e. The van der Waals surface area contributed by atoms with Crippen molar-refractivity contribution in [1.29, 1.82) is 0 Å². The molecule has 2 nitrogen and oxygen atoms in total. The molecule has 2 atom stereocenters. The highest BCUT2D eigenvalue weighted by Gasteiger charge is 2.35. The van der Waals surface area contributed by atoms with Crippen molar-refractivity contribution in [1.82, 2.24) is 4.90 Å². The Hall–Kier alpha value is -1.07. The van der Waals surface area contributed by atoms with Crippen LogP contribution < -0.4 is 5.73 Å². The molecule has 0 radical (unpaired) electrons. The van der Waals surface area contributed by atoms with Gasteiger partial charge in [0.25, 0.3) is 0 Å². The zero-order valence-corrected chi connectivity index (χ0v) is 12.4. The lowest BCUT2D eigenvalue weighted by atomic mass is 10.00. The predicted molar refractivity (Wildman–Crippen MR) is 77.8 cm³/mol. The number of rotatable bonds is 5. The van der Waals surface area contributed by atoms with Crippen molar-refractivity contribution in [3.05, 3.63) is 35.4 Å². The van der Waals surface area contributed by atoms with Gasteiger partial charge in [-0.2, -0.15) is 13.2 Å². The first kappa shape index (κ1) is 16.3. The van der Waals surface area contributed by atoms with Crippen molar-refractivity contribution in [2.75, 3.05) is 19.6 Å². The van der Waals surface area contributed by atoms with Gasteiger partial charge in [0.1, 0.15) is 0 Å². The van der Waals surface area contributed by atoms with E-state index in [4.69, 9.17) is 5.73 Å². The van der Waals surface area contributed by atoms with Gasteiger partial charge in [-0.25, -0.2) is 0 Å². The van der Waals surface area contributed by atoms with E-state index in [0.717, 1.165) is 32.0 Å². The summed E-state index contributed by atoms with van der Waals surface area (Å²) >= 11 is 0. The van der Waals surface area contributed by atoms with E-state index in [1.165, 1.54) is 18.6 Å². The fraction of sp³-hybridized carbons (Fsp3) is 0.625. The first-order valence-corrected chi connectivity index (χ1v) is 7.56. The smallest absolute Gasteiger partial charge is 0.323 e. The van der Waals surface area contributed by atoms with Crippen molar-refractivity contribution in [3.8, 4) is 0 Å². The van der Waals surface area contributed by atoms with Crippen LogP contribution in [-0.2, 0) is 6.18 Å². The van der Waals surface area contributed by atoms with Crippen LogP contribution in [0.4, 0.5) is 13.2 Å². The summed E-state index contributed by atoms with van der Waals surface area (Å²) in [4.78, 5) is 2.19. The summed E-state index contributed by atoms with van der Waals surface area (Å²) in [5, 5.41) is 0. The van der Waals surface area contributed by atoms with E-state index in [9.17, 15) is 13.2 Å². The molecule has 0 saturated carbocycles. The van der Waals surface area contributed by atoms with E-state index in [2.05, 4.69) is 11.8 Å². The van der Waals surface area contributed by atoms with Crippen molar-refractivity contribution >= 4 is 0 Å². The molecule has 1 heterocycles. The lowest BCUT2D eigenvalue weighted by Gasteiger charge is -2.23. The van der Waals surface area contributed by atoms with Gasteiger partial charge in [0, 0.05) is 19.1 Å². The molecule has 21 heavy (non-hydrogen) atoms. The van der Waals surface area contributed by atoms with Crippen LogP contribution in [0.2, 0.25) is 0 Å². The zero-order chi connectivity index (χ0) is 15.5. The minimum absolute atomic E-state index is 0.198. The average molecular weight is 300 g/mol. The molecule has 1 aliphatic heterocycles. The number of benzene rings is 1. The summed E-state index contributed by atoms with van der Waals surface area (Å²) in [6.07, 6.45) is -0.877. The Bertz CT molecular complexity index is 459. The highest BCUT2D eigenvalue weighted by Crippen LogP contribution is 2.34. The van der Waals surface area contributed by atoms with Crippen molar-refractivity contribution in [2.24, 2.45) is 11.7 Å². The molecule has 2 N–H and O–H groups in total. The van der Waals surface area contributed by atoms with E-state index in [1.54, 1.807) is 6.07 Å². The first-order valence-electron chi connectivity index (χ1n) is 7.56. The summed E-state index contributed by atoms with van der Waals surface area (Å²) in [7, 11) is 0. The summed E-state index contributed by atoms with van der Waals surface area (Å²) in [5.41, 5.74) is 5.64. The molecule has 2 unspecified atom stereocenters. The van der Waals surface area contributed by atoms with Gasteiger partial charge in [0.2, 0.25) is 0 Å². The van der Waals surface area contributed by atoms with Crippen molar-refractivity contribution < 1.29 is 13.2 Å². The number of hydrogen-bond donors (Lipinski definition) is 1. The van der Waals surface area contributed by atoms with Gasteiger partial charge < -0.3 is 10.6 Å². The molecule has 0 aliphatic carbocycles. The number of nitrogens with zero attached hydrogens (tertiary/aromatic N) is 1. The molecule has 1 aromatic carbocycles. The largest absolute Gasteiger partial charge is 0.416 e. The third kappa shape index (κ3) is 4.20. The monoisotopic (exact) mass is 300 g/mol. The van der Waals surface area contributed by atoms with E-state index in [1.807, 2.05) is 0 Å². The molecular formula is C16H23F3N2. The maximum atomic E-state index is 13.0. The van der Waals surface area contributed by atoms with Crippen LogP contribution in [0.3, 0.4) is 0 Å². The second-order valence-corrected chi connectivity index (χ2v) is 5.89. The normalized spacial score (nSPS) is 21.7. The molecule has 1 aromatic rings. The lowest BCUT2D eigenvalue weighted by molar-refractivity contribution is -0.138. The Kier molecular flexibility index (Phi) is 5.27. The van der Waals surface area contributed by atoms with Gasteiger partial charge in [0.05, 0.1) is 5.56 Å². The summed E-state index contributed by atoms with van der Waals surface area (Å²) in [5.74, 6) is 0.667. The van der Waals surface area contributed by atoms with Gasteiger partial charge in [-0.15, -0.1) is 0 Å². The number of alkyl halides is 3. The van der Waals surface area contributed by atoms with Gasteiger partial charge in [0.15, 0.2) is 0 Å². The van der Waals surface area contributed by atoms with E-state index in [0.29, 0.717) is 12.5 Å². The second-order valence-electron chi connectivity index (χ2n) is 5.89. The Balaban J connectivity index is 2.03. The quantitative estimate of drug-likeness (QED) is 0.895. The molecule has 1 aliphatic rings. The molecule has 1 fully saturated rings. The molecule has 1 saturated heterocycles. The van der Waals surface area contributed by atoms with Gasteiger partial charge >= 0.3 is 6.18 Å². The van der Waals surface area contributed by atoms with Crippen LogP contribution in [0.15, 0.2) is 24.3 Å². The third-order valence-electron chi connectivity index (χ3n) is 4.19. The fourth-order valence-corrected chi connectivity index (χ4v) is 3.18. The van der Waals surface area contributed by atoms with Crippen LogP contribution in [0.5, 0.6) is 0 Å². The zero-order valence-electron chi connectivity index (χ0n) is 12.4. The predicted octanol–water partition coefficient (Wildman–Crippen LogP) is 3.83. The van der Waals surface area contributed by atoms with E-state index >= 15 is 0 Å². The summed E-state index contributed by atoms with van der Waals surface area (Å²) < 4.78 is 39.0. The topological polar surface area (TPSA) is 29.3 Å².